The molecule has 0 aliphatic heterocycles. The van der Waals surface area contributed by atoms with Gasteiger partial charge in [-0.3, -0.25) is 9.59 Å². The van der Waals surface area contributed by atoms with E-state index in [1.54, 1.807) is 0 Å². The molecule has 0 atom stereocenters. The lowest BCUT2D eigenvalue weighted by Gasteiger charge is -2.14. The number of unbranched alkanes of at least 4 members (excludes halogenated alkanes) is 2. The molecule has 4 rings (SSSR count). The fourth-order valence-corrected chi connectivity index (χ4v) is 3.99. The van der Waals surface area contributed by atoms with E-state index < -0.39 is 5.97 Å². The molecule has 4 heteroatoms. The minimum absolute atomic E-state index is 0.00766. The summed E-state index contributed by atoms with van der Waals surface area (Å²) in [5, 5.41) is 18.9. The Morgan fingerprint density at radius 2 is 1.46 bits per heavy atom. The van der Waals surface area contributed by atoms with Gasteiger partial charge in [-0.05, 0) is 50.7 Å². The summed E-state index contributed by atoms with van der Waals surface area (Å²) in [5.41, 5.74) is 1.04. The summed E-state index contributed by atoms with van der Waals surface area (Å²) in [6.07, 6.45) is 2.81. The molecular weight excluding hydrogens is 350 g/mol. The Hall–Kier alpha value is -3.14. The number of hydrogen-bond acceptors (Lipinski definition) is 2. The number of carbonyl (C=O) groups is 2. The van der Waals surface area contributed by atoms with E-state index in [4.69, 9.17) is 5.11 Å². The van der Waals surface area contributed by atoms with Crippen LogP contribution < -0.4 is 5.32 Å². The van der Waals surface area contributed by atoms with E-state index in [1.165, 1.54) is 26.9 Å². The standard InChI is InChI=1S/C24H23NO3/c26-21(25-14-3-1-2-7-22(27)28)15-19-11-10-18-9-8-16-5-4-6-17-12-13-20(19)24(18)23(16)17/h4-6,8-13H,1-3,7,14-15H2,(H,25,26)(H,27,28). The first-order valence-corrected chi connectivity index (χ1v) is 9.77. The second-order valence-corrected chi connectivity index (χ2v) is 7.31. The molecule has 2 N–H and O–H groups in total. The number of rotatable bonds is 8. The van der Waals surface area contributed by atoms with E-state index in [0.717, 1.165) is 23.8 Å². The minimum Gasteiger partial charge on any atom is -0.481 e. The van der Waals surface area contributed by atoms with Gasteiger partial charge >= 0.3 is 5.97 Å². The van der Waals surface area contributed by atoms with Crippen molar-refractivity contribution in [2.75, 3.05) is 6.54 Å². The summed E-state index contributed by atoms with van der Waals surface area (Å²) in [7, 11) is 0. The van der Waals surface area contributed by atoms with Gasteiger partial charge in [-0.25, -0.2) is 0 Å². The molecule has 1 amide bonds. The maximum absolute atomic E-state index is 12.4. The van der Waals surface area contributed by atoms with Crippen molar-refractivity contribution in [3.05, 3.63) is 60.2 Å². The van der Waals surface area contributed by atoms with Crippen LogP contribution in [0.2, 0.25) is 0 Å². The number of nitrogens with one attached hydrogen (secondary N) is 1. The number of amides is 1. The van der Waals surface area contributed by atoms with Crippen molar-refractivity contribution in [3.8, 4) is 0 Å². The zero-order chi connectivity index (χ0) is 19.5. The zero-order valence-corrected chi connectivity index (χ0v) is 15.7. The van der Waals surface area contributed by atoms with Gasteiger partial charge in [-0.15, -0.1) is 0 Å². The number of carbonyl (C=O) groups excluding carboxylic acids is 1. The van der Waals surface area contributed by atoms with Crippen LogP contribution >= 0.6 is 0 Å². The Labute approximate surface area is 163 Å². The molecule has 0 radical (unpaired) electrons. The Morgan fingerprint density at radius 3 is 2.21 bits per heavy atom. The molecule has 28 heavy (non-hydrogen) atoms. The molecule has 142 valence electrons. The van der Waals surface area contributed by atoms with E-state index >= 15 is 0 Å². The third-order valence-corrected chi connectivity index (χ3v) is 5.36. The van der Waals surface area contributed by atoms with E-state index in [0.29, 0.717) is 19.4 Å². The molecule has 0 heterocycles. The maximum atomic E-state index is 12.4. The fraction of sp³-hybridized carbons (Fsp3) is 0.250. The van der Waals surface area contributed by atoms with Crippen LogP contribution in [0.4, 0.5) is 0 Å². The Kier molecular flexibility index (Phi) is 5.11. The lowest BCUT2D eigenvalue weighted by molar-refractivity contribution is -0.137. The second-order valence-electron chi connectivity index (χ2n) is 7.31. The Morgan fingerprint density at radius 1 is 0.786 bits per heavy atom. The molecule has 0 saturated heterocycles. The highest BCUT2D eigenvalue weighted by Crippen LogP contribution is 2.35. The molecule has 0 fully saturated rings. The van der Waals surface area contributed by atoms with Gasteiger partial charge in [-0.2, -0.15) is 0 Å². The van der Waals surface area contributed by atoms with Crippen LogP contribution in [-0.4, -0.2) is 23.5 Å². The first-order valence-electron chi connectivity index (χ1n) is 9.77. The molecule has 4 aromatic rings. The summed E-state index contributed by atoms with van der Waals surface area (Å²) >= 11 is 0. The van der Waals surface area contributed by atoms with Crippen molar-refractivity contribution in [1.82, 2.24) is 5.32 Å². The second kappa shape index (κ2) is 7.85. The number of hydrogen-bond donors (Lipinski definition) is 2. The average molecular weight is 373 g/mol. The summed E-state index contributed by atoms with van der Waals surface area (Å²) < 4.78 is 0. The molecule has 0 spiro atoms. The van der Waals surface area contributed by atoms with Crippen molar-refractivity contribution in [1.29, 1.82) is 0 Å². The quantitative estimate of drug-likeness (QED) is 0.341. The lowest BCUT2D eigenvalue weighted by Crippen LogP contribution is -2.26. The van der Waals surface area contributed by atoms with E-state index in [2.05, 4.69) is 53.8 Å². The maximum Gasteiger partial charge on any atom is 0.303 e. The average Bonchev–Trinajstić information content (AvgIpc) is 2.69. The van der Waals surface area contributed by atoms with Crippen molar-refractivity contribution >= 4 is 44.2 Å². The van der Waals surface area contributed by atoms with Crippen LogP contribution in [-0.2, 0) is 16.0 Å². The molecule has 4 aromatic carbocycles. The highest BCUT2D eigenvalue weighted by Gasteiger charge is 2.12. The van der Waals surface area contributed by atoms with Crippen LogP contribution in [0, 0.1) is 0 Å². The lowest BCUT2D eigenvalue weighted by atomic mass is 9.91. The van der Waals surface area contributed by atoms with E-state index in [1.807, 2.05) is 6.07 Å². The van der Waals surface area contributed by atoms with Gasteiger partial charge in [-0.1, -0.05) is 61.0 Å². The molecule has 0 aliphatic rings. The first kappa shape index (κ1) is 18.2. The molecule has 0 unspecified atom stereocenters. The highest BCUT2D eigenvalue weighted by atomic mass is 16.4. The predicted molar refractivity (Wildman–Crippen MR) is 113 cm³/mol. The van der Waals surface area contributed by atoms with E-state index in [-0.39, 0.29) is 12.3 Å². The van der Waals surface area contributed by atoms with Crippen LogP contribution in [0.3, 0.4) is 0 Å². The molecular formula is C24H23NO3. The minimum atomic E-state index is -0.766. The van der Waals surface area contributed by atoms with Crippen LogP contribution in [0.5, 0.6) is 0 Å². The van der Waals surface area contributed by atoms with Crippen molar-refractivity contribution < 1.29 is 14.7 Å². The smallest absolute Gasteiger partial charge is 0.303 e. The monoisotopic (exact) mass is 373 g/mol. The predicted octanol–water partition coefficient (Wildman–Crippen LogP) is 4.89. The summed E-state index contributed by atoms with van der Waals surface area (Å²) in [6, 6.07) is 19.0. The summed E-state index contributed by atoms with van der Waals surface area (Å²) in [4.78, 5) is 22.9. The first-order chi connectivity index (χ1) is 13.6. The van der Waals surface area contributed by atoms with Crippen LogP contribution in [0.15, 0.2) is 54.6 Å². The van der Waals surface area contributed by atoms with Crippen molar-refractivity contribution in [2.24, 2.45) is 0 Å². The van der Waals surface area contributed by atoms with Crippen molar-refractivity contribution in [2.45, 2.75) is 32.1 Å². The van der Waals surface area contributed by atoms with Crippen LogP contribution in [0.25, 0.3) is 32.3 Å². The van der Waals surface area contributed by atoms with Gasteiger partial charge in [0.2, 0.25) is 5.91 Å². The number of aliphatic carboxylic acids is 1. The number of benzene rings is 4. The summed E-state index contributed by atoms with van der Waals surface area (Å²) in [5.74, 6) is -0.758. The van der Waals surface area contributed by atoms with Gasteiger partial charge in [0, 0.05) is 13.0 Å². The van der Waals surface area contributed by atoms with Gasteiger partial charge in [0.15, 0.2) is 0 Å². The summed E-state index contributed by atoms with van der Waals surface area (Å²) in [6.45, 7) is 0.588. The largest absolute Gasteiger partial charge is 0.481 e. The van der Waals surface area contributed by atoms with Gasteiger partial charge in [0.25, 0.3) is 0 Å². The number of carboxylic acid groups (broad SMARTS) is 1. The molecule has 4 nitrogen and oxygen atoms in total. The van der Waals surface area contributed by atoms with Crippen molar-refractivity contribution in [3.63, 3.8) is 0 Å². The normalized spacial score (nSPS) is 11.4. The van der Waals surface area contributed by atoms with Gasteiger partial charge in [0.1, 0.15) is 0 Å². The third-order valence-electron chi connectivity index (χ3n) is 5.36. The number of carboxylic acids is 1. The fourth-order valence-electron chi connectivity index (χ4n) is 3.99. The molecule has 0 aliphatic carbocycles. The van der Waals surface area contributed by atoms with E-state index in [9.17, 15) is 9.59 Å². The van der Waals surface area contributed by atoms with Gasteiger partial charge in [0.05, 0.1) is 6.42 Å². The SMILES string of the molecule is O=C(O)CCCCCNC(=O)Cc1ccc2ccc3cccc4ccc1c2c34. The highest BCUT2D eigenvalue weighted by molar-refractivity contribution is 6.23. The Bertz CT molecular complexity index is 1130. The molecule has 0 aromatic heterocycles. The third kappa shape index (κ3) is 3.63. The van der Waals surface area contributed by atoms with Gasteiger partial charge < -0.3 is 10.4 Å². The Balaban J connectivity index is 1.50. The molecule has 0 saturated carbocycles. The van der Waals surface area contributed by atoms with Crippen LogP contribution in [0.1, 0.15) is 31.2 Å². The topological polar surface area (TPSA) is 66.4 Å². The zero-order valence-electron chi connectivity index (χ0n) is 15.7. The molecule has 0 bridgehead atoms.